The third-order valence-electron chi connectivity index (χ3n) is 4.68. The third kappa shape index (κ3) is 3.46. The number of amides is 1. The predicted molar refractivity (Wildman–Crippen MR) is 92.6 cm³/mol. The van der Waals surface area contributed by atoms with E-state index in [1.807, 2.05) is 30.3 Å². The fraction of sp³-hybridized carbons (Fsp3) is 0.444. The molecule has 4 rings (SSSR count). The van der Waals surface area contributed by atoms with Gasteiger partial charge in [-0.05, 0) is 25.7 Å². The van der Waals surface area contributed by atoms with Crippen LogP contribution in [0, 0.1) is 0 Å². The largest absolute Gasteiger partial charge is 0.348 e. The van der Waals surface area contributed by atoms with Gasteiger partial charge < -0.3 is 10.2 Å². The molecule has 2 aliphatic rings. The molecule has 120 valence electrons. The van der Waals surface area contributed by atoms with Crippen LogP contribution in [-0.4, -0.2) is 41.0 Å². The highest BCUT2D eigenvalue weighted by atomic mass is 32.1. The van der Waals surface area contributed by atoms with Gasteiger partial charge in [0, 0.05) is 30.7 Å². The lowest BCUT2D eigenvalue weighted by Gasteiger charge is -2.32. The Morgan fingerprint density at radius 1 is 1.13 bits per heavy atom. The number of thiazole rings is 1. The fourth-order valence-corrected chi connectivity index (χ4v) is 4.02. The van der Waals surface area contributed by atoms with Gasteiger partial charge in [0.25, 0.3) is 5.91 Å². The summed E-state index contributed by atoms with van der Waals surface area (Å²) in [5.74, 6) is 0.0227. The Morgan fingerprint density at radius 3 is 2.57 bits per heavy atom. The zero-order valence-electron chi connectivity index (χ0n) is 13.1. The summed E-state index contributed by atoms with van der Waals surface area (Å²) in [7, 11) is 0. The van der Waals surface area contributed by atoms with Crippen molar-refractivity contribution in [3.05, 3.63) is 41.4 Å². The molecular formula is C18H21N3OS. The Balaban J connectivity index is 1.35. The number of carbonyl (C=O) groups is 1. The van der Waals surface area contributed by atoms with Crippen molar-refractivity contribution in [3.63, 3.8) is 0 Å². The summed E-state index contributed by atoms with van der Waals surface area (Å²) in [5, 5.41) is 4.09. The van der Waals surface area contributed by atoms with Gasteiger partial charge in [-0.25, -0.2) is 4.98 Å². The van der Waals surface area contributed by atoms with Crippen molar-refractivity contribution < 1.29 is 4.79 Å². The molecule has 0 radical (unpaired) electrons. The molecule has 2 aromatic rings. The number of likely N-dealkylation sites (tertiary alicyclic amines) is 1. The van der Waals surface area contributed by atoms with Gasteiger partial charge in [-0.1, -0.05) is 30.3 Å². The van der Waals surface area contributed by atoms with Crippen molar-refractivity contribution in [1.82, 2.24) is 15.2 Å². The third-order valence-corrected chi connectivity index (χ3v) is 5.72. The summed E-state index contributed by atoms with van der Waals surface area (Å²) < 4.78 is 0. The number of carbonyl (C=O) groups excluding carboxylic acids is 1. The molecule has 1 saturated heterocycles. The molecule has 4 nitrogen and oxygen atoms in total. The second-order valence-corrected chi connectivity index (χ2v) is 7.44. The first-order chi connectivity index (χ1) is 11.3. The Kier molecular flexibility index (Phi) is 4.14. The van der Waals surface area contributed by atoms with Gasteiger partial charge >= 0.3 is 0 Å². The first-order valence-corrected chi connectivity index (χ1v) is 9.17. The molecule has 1 aliphatic heterocycles. The standard InChI is InChI=1S/C18H21N3OS/c22-17(20-14-8-10-21(11-9-14)15-6-7-15)16-12-19-18(23-16)13-4-2-1-3-5-13/h1-5,12,14-15H,6-11H2,(H,20,22). The van der Waals surface area contributed by atoms with Gasteiger partial charge in [0.1, 0.15) is 9.88 Å². The smallest absolute Gasteiger partial charge is 0.263 e. The van der Waals surface area contributed by atoms with E-state index in [4.69, 9.17) is 0 Å². The molecule has 1 saturated carbocycles. The van der Waals surface area contributed by atoms with Crippen LogP contribution in [-0.2, 0) is 0 Å². The highest BCUT2D eigenvalue weighted by Crippen LogP contribution is 2.29. The molecule has 2 heterocycles. The van der Waals surface area contributed by atoms with E-state index in [1.165, 1.54) is 24.2 Å². The van der Waals surface area contributed by atoms with Crippen molar-refractivity contribution in [1.29, 1.82) is 0 Å². The van der Waals surface area contributed by atoms with Gasteiger partial charge in [0.05, 0.1) is 6.20 Å². The first-order valence-electron chi connectivity index (χ1n) is 8.36. The lowest BCUT2D eigenvalue weighted by atomic mass is 10.0. The summed E-state index contributed by atoms with van der Waals surface area (Å²) in [6.07, 6.45) is 6.54. The average Bonchev–Trinajstić information content (AvgIpc) is 3.32. The monoisotopic (exact) mass is 327 g/mol. The Morgan fingerprint density at radius 2 is 1.87 bits per heavy atom. The molecule has 0 atom stereocenters. The van der Waals surface area contributed by atoms with Crippen LogP contribution in [0.4, 0.5) is 0 Å². The number of hydrogen-bond donors (Lipinski definition) is 1. The SMILES string of the molecule is O=C(NC1CCN(C2CC2)CC1)c1cnc(-c2ccccc2)s1. The summed E-state index contributed by atoms with van der Waals surface area (Å²) in [4.78, 5) is 20.1. The maximum Gasteiger partial charge on any atom is 0.263 e. The Bertz CT molecular complexity index is 673. The van der Waals surface area contributed by atoms with Crippen LogP contribution >= 0.6 is 11.3 Å². The second-order valence-electron chi connectivity index (χ2n) is 6.41. The van der Waals surface area contributed by atoms with Gasteiger partial charge in [0.2, 0.25) is 0 Å². The van der Waals surface area contributed by atoms with Crippen LogP contribution in [0.5, 0.6) is 0 Å². The molecule has 0 unspecified atom stereocenters. The molecule has 23 heavy (non-hydrogen) atoms. The Labute approximate surface area is 140 Å². The van der Waals surface area contributed by atoms with Crippen molar-refractivity contribution in [3.8, 4) is 10.6 Å². The van der Waals surface area contributed by atoms with Crippen LogP contribution in [0.3, 0.4) is 0 Å². The van der Waals surface area contributed by atoms with Gasteiger partial charge in [-0.15, -0.1) is 11.3 Å². The minimum Gasteiger partial charge on any atom is -0.348 e. The molecular weight excluding hydrogens is 306 g/mol. The molecule has 1 aromatic carbocycles. The summed E-state index contributed by atoms with van der Waals surface area (Å²) in [6.45, 7) is 2.24. The topological polar surface area (TPSA) is 45.2 Å². The van der Waals surface area contributed by atoms with Gasteiger partial charge in [0.15, 0.2) is 0 Å². The number of aromatic nitrogens is 1. The lowest BCUT2D eigenvalue weighted by molar-refractivity contribution is 0.0913. The van der Waals surface area contributed by atoms with E-state index in [2.05, 4.69) is 15.2 Å². The molecule has 1 aliphatic carbocycles. The number of piperidine rings is 1. The van der Waals surface area contributed by atoms with E-state index in [9.17, 15) is 4.79 Å². The quantitative estimate of drug-likeness (QED) is 0.938. The molecule has 0 bridgehead atoms. The van der Waals surface area contributed by atoms with E-state index in [0.29, 0.717) is 10.9 Å². The number of benzene rings is 1. The number of hydrogen-bond acceptors (Lipinski definition) is 4. The van der Waals surface area contributed by atoms with E-state index in [-0.39, 0.29) is 5.91 Å². The minimum atomic E-state index is 0.0227. The maximum absolute atomic E-state index is 12.4. The highest BCUT2D eigenvalue weighted by Gasteiger charge is 2.32. The van der Waals surface area contributed by atoms with E-state index in [0.717, 1.165) is 42.5 Å². The van der Waals surface area contributed by atoms with Crippen LogP contribution in [0.15, 0.2) is 36.5 Å². The van der Waals surface area contributed by atoms with E-state index < -0.39 is 0 Å². The summed E-state index contributed by atoms with van der Waals surface area (Å²) in [5.41, 5.74) is 1.06. The normalized spacial score (nSPS) is 19.7. The zero-order valence-corrected chi connectivity index (χ0v) is 13.9. The summed E-state index contributed by atoms with van der Waals surface area (Å²) in [6, 6.07) is 11.1. The number of nitrogens with zero attached hydrogens (tertiary/aromatic N) is 2. The summed E-state index contributed by atoms with van der Waals surface area (Å²) >= 11 is 1.46. The number of nitrogens with one attached hydrogen (secondary N) is 1. The van der Waals surface area contributed by atoms with Crippen molar-refractivity contribution in [2.75, 3.05) is 13.1 Å². The van der Waals surface area contributed by atoms with Gasteiger partial charge in [-0.2, -0.15) is 0 Å². The molecule has 1 N–H and O–H groups in total. The molecule has 2 fully saturated rings. The van der Waals surface area contributed by atoms with Crippen LogP contribution in [0.1, 0.15) is 35.4 Å². The number of rotatable bonds is 4. The Hall–Kier alpha value is -1.72. The highest BCUT2D eigenvalue weighted by molar-refractivity contribution is 7.16. The van der Waals surface area contributed by atoms with Crippen LogP contribution < -0.4 is 5.32 Å². The maximum atomic E-state index is 12.4. The average molecular weight is 327 g/mol. The van der Waals surface area contributed by atoms with Crippen LogP contribution in [0.25, 0.3) is 10.6 Å². The van der Waals surface area contributed by atoms with E-state index >= 15 is 0 Å². The van der Waals surface area contributed by atoms with Crippen molar-refractivity contribution >= 4 is 17.2 Å². The predicted octanol–water partition coefficient (Wildman–Crippen LogP) is 3.17. The van der Waals surface area contributed by atoms with Crippen molar-refractivity contribution in [2.45, 2.75) is 37.8 Å². The molecule has 1 aromatic heterocycles. The van der Waals surface area contributed by atoms with E-state index in [1.54, 1.807) is 6.20 Å². The van der Waals surface area contributed by atoms with Crippen LogP contribution in [0.2, 0.25) is 0 Å². The zero-order chi connectivity index (χ0) is 15.6. The first kappa shape index (κ1) is 14.8. The lowest BCUT2D eigenvalue weighted by Crippen LogP contribution is -2.45. The fourth-order valence-electron chi connectivity index (χ4n) is 3.20. The molecule has 0 spiro atoms. The minimum absolute atomic E-state index is 0.0227. The molecule has 5 heteroatoms. The van der Waals surface area contributed by atoms with Gasteiger partial charge in [-0.3, -0.25) is 4.79 Å². The molecule has 1 amide bonds. The second kappa shape index (κ2) is 6.42. The van der Waals surface area contributed by atoms with Crippen molar-refractivity contribution in [2.24, 2.45) is 0 Å².